The zero-order valence-corrected chi connectivity index (χ0v) is 30.1. The Morgan fingerprint density at radius 3 is 1.46 bits per heavy atom. The quantitative estimate of drug-likeness (QED) is 0.182. The number of benzene rings is 9. The van der Waals surface area contributed by atoms with Gasteiger partial charge in [0.2, 0.25) is 0 Å². The van der Waals surface area contributed by atoms with Crippen molar-refractivity contribution in [3.05, 3.63) is 217 Å². The number of rotatable bonds is 5. The number of nitrogens with two attached hydrogens (primary N) is 1. The summed E-state index contributed by atoms with van der Waals surface area (Å²) in [5.41, 5.74) is 21.0. The average Bonchev–Trinajstić information content (AvgIpc) is 3.23. The molecule has 2 heteroatoms. The highest BCUT2D eigenvalue weighted by Crippen LogP contribution is 2.56. The first-order valence-corrected chi connectivity index (χ1v) is 18.6. The lowest BCUT2D eigenvalue weighted by molar-refractivity contribution is 0.683. The topological polar surface area (TPSA) is 29.3 Å². The van der Waals surface area contributed by atoms with Crippen LogP contribution in [0.4, 0.5) is 22.7 Å². The molecule has 1 aliphatic heterocycles. The summed E-state index contributed by atoms with van der Waals surface area (Å²) in [5.74, 6) is 0. The van der Waals surface area contributed by atoms with Crippen LogP contribution >= 0.6 is 0 Å². The van der Waals surface area contributed by atoms with Gasteiger partial charge in [-0.25, -0.2) is 0 Å². The zero-order valence-electron chi connectivity index (χ0n) is 30.1. The third-order valence-electron chi connectivity index (χ3n) is 11.4. The molecule has 2 N–H and O–H groups in total. The Balaban J connectivity index is 1.19. The molecule has 0 unspecified atom stereocenters. The molecule has 0 saturated carbocycles. The van der Waals surface area contributed by atoms with Crippen LogP contribution in [0.5, 0.6) is 0 Å². The highest BCUT2D eigenvalue weighted by atomic mass is 15.2. The van der Waals surface area contributed by atoms with Crippen LogP contribution in [-0.2, 0) is 5.41 Å². The van der Waals surface area contributed by atoms with E-state index in [9.17, 15) is 0 Å². The van der Waals surface area contributed by atoms with Crippen LogP contribution in [0.3, 0.4) is 0 Å². The van der Waals surface area contributed by atoms with Crippen LogP contribution in [0.25, 0.3) is 54.9 Å². The van der Waals surface area contributed by atoms with E-state index >= 15 is 0 Å². The summed E-state index contributed by atoms with van der Waals surface area (Å²) in [7, 11) is 0. The second-order valence-electron chi connectivity index (χ2n) is 14.6. The minimum Gasteiger partial charge on any atom is -0.399 e. The van der Waals surface area contributed by atoms with Gasteiger partial charge in [0.25, 0.3) is 0 Å². The van der Waals surface area contributed by atoms with Crippen LogP contribution in [-0.4, -0.2) is 0 Å². The summed E-state index contributed by atoms with van der Waals surface area (Å²) in [6.07, 6.45) is 0. The summed E-state index contributed by atoms with van der Waals surface area (Å²) in [6, 6.07) is 72.9. The molecule has 0 amide bonds. The lowest BCUT2D eigenvalue weighted by atomic mass is 9.65. The highest BCUT2D eigenvalue weighted by molar-refractivity contribution is 5.92. The van der Waals surface area contributed by atoms with Gasteiger partial charge in [-0.05, 0) is 127 Å². The van der Waals surface area contributed by atoms with Crippen LogP contribution < -0.4 is 10.6 Å². The standard InChI is InChI=1S/C52H38N2/c1-52(47-17-6-8-19-50(47)54(45-16-10-15-44(53)34-45)51-20-9-7-18-48(51)52)49-33-43(42-28-24-36-12-3-5-14-40(36)32-42)29-30-46(49)38-25-21-37(22-26-38)41-27-23-35-11-2-4-13-39(35)31-41/h2-34H,53H2,1H3. The second kappa shape index (κ2) is 12.6. The summed E-state index contributed by atoms with van der Waals surface area (Å²) in [5, 5.41) is 4.99. The molecule has 9 aromatic carbocycles. The van der Waals surface area contributed by atoms with Gasteiger partial charge < -0.3 is 10.6 Å². The lowest BCUT2D eigenvalue weighted by Crippen LogP contribution is -2.34. The van der Waals surface area contributed by atoms with Crippen molar-refractivity contribution in [2.75, 3.05) is 10.6 Å². The molecule has 10 rings (SSSR count). The Morgan fingerprint density at radius 2 is 0.852 bits per heavy atom. The van der Waals surface area contributed by atoms with Gasteiger partial charge in [0.05, 0.1) is 11.4 Å². The van der Waals surface area contributed by atoms with Crippen molar-refractivity contribution in [3.63, 3.8) is 0 Å². The van der Waals surface area contributed by atoms with Crippen LogP contribution in [0.15, 0.2) is 200 Å². The zero-order chi connectivity index (χ0) is 36.2. The first kappa shape index (κ1) is 31.8. The second-order valence-corrected chi connectivity index (χ2v) is 14.6. The summed E-state index contributed by atoms with van der Waals surface area (Å²) in [6.45, 7) is 2.41. The van der Waals surface area contributed by atoms with Crippen molar-refractivity contribution in [3.8, 4) is 33.4 Å². The van der Waals surface area contributed by atoms with Crippen molar-refractivity contribution in [1.82, 2.24) is 0 Å². The van der Waals surface area contributed by atoms with E-state index in [0.29, 0.717) is 0 Å². The number of fused-ring (bicyclic) bond motifs is 4. The van der Waals surface area contributed by atoms with Gasteiger partial charge in [-0.1, -0.05) is 152 Å². The van der Waals surface area contributed by atoms with E-state index in [4.69, 9.17) is 5.73 Å². The molecule has 1 heterocycles. The lowest BCUT2D eigenvalue weighted by Gasteiger charge is -2.45. The first-order valence-electron chi connectivity index (χ1n) is 18.6. The largest absolute Gasteiger partial charge is 0.399 e. The molecule has 0 spiro atoms. The fraction of sp³-hybridized carbons (Fsp3) is 0.0385. The van der Waals surface area contributed by atoms with Gasteiger partial charge in [0, 0.05) is 16.8 Å². The van der Waals surface area contributed by atoms with E-state index in [1.807, 2.05) is 12.1 Å². The molecule has 0 radical (unpaired) electrons. The van der Waals surface area contributed by atoms with Crippen LogP contribution in [0.2, 0.25) is 0 Å². The summed E-state index contributed by atoms with van der Waals surface area (Å²) >= 11 is 0. The smallest absolute Gasteiger partial charge is 0.0506 e. The van der Waals surface area contributed by atoms with E-state index in [2.05, 4.69) is 200 Å². The molecule has 0 bridgehead atoms. The number of hydrogen-bond donors (Lipinski definition) is 1. The maximum absolute atomic E-state index is 6.39. The highest BCUT2D eigenvalue weighted by Gasteiger charge is 2.42. The summed E-state index contributed by atoms with van der Waals surface area (Å²) in [4.78, 5) is 2.37. The molecule has 1 aliphatic rings. The van der Waals surface area contributed by atoms with Crippen molar-refractivity contribution in [2.24, 2.45) is 0 Å². The van der Waals surface area contributed by atoms with Crippen LogP contribution in [0.1, 0.15) is 23.6 Å². The average molecular weight is 691 g/mol. The van der Waals surface area contributed by atoms with Gasteiger partial charge in [-0.3, -0.25) is 0 Å². The van der Waals surface area contributed by atoms with E-state index in [1.54, 1.807) is 0 Å². The monoisotopic (exact) mass is 690 g/mol. The summed E-state index contributed by atoms with van der Waals surface area (Å²) < 4.78 is 0. The Labute approximate surface area is 316 Å². The fourth-order valence-electron chi connectivity index (χ4n) is 8.66. The predicted octanol–water partition coefficient (Wildman–Crippen LogP) is 13.7. The van der Waals surface area contributed by atoms with Crippen molar-refractivity contribution in [1.29, 1.82) is 0 Å². The first-order chi connectivity index (χ1) is 26.5. The van der Waals surface area contributed by atoms with Gasteiger partial charge in [0.15, 0.2) is 0 Å². The van der Waals surface area contributed by atoms with Gasteiger partial charge in [0.1, 0.15) is 0 Å². The molecule has 54 heavy (non-hydrogen) atoms. The van der Waals surface area contributed by atoms with Gasteiger partial charge >= 0.3 is 0 Å². The van der Waals surface area contributed by atoms with Gasteiger partial charge in [-0.2, -0.15) is 0 Å². The molecule has 0 aromatic heterocycles. The van der Waals surface area contributed by atoms with Crippen molar-refractivity contribution < 1.29 is 0 Å². The molecule has 2 nitrogen and oxygen atoms in total. The maximum atomic E-state index is 6.39. The number of hydrogen-bond acceptors (Lipinski definition) is 2. The van der Waals surface area contributed by atoms with Crippen LogP contribution in [0, 0.1) is 0 Å². The van der Waals surface area contributed by atoms with Crippen molar-refractivity contribution in [2.45, 2.75) is 12.3 Å². The van der Waals surface area contributed by atoms with Gasteiger partial charge in [-0.15, -0.1) is 0 Å². The Hall–Kier alpha value is -6.90. The molecule has 256 valence electrons. The predicted molar refractivity (Wildman–Crippen MR) is 229 cm³/mol. The maximum Gasteiger partial charge on any atom is 0.0506 e. The Kier molecular flexibility index (Phi) is 7.45. The number of anilines is 4. The van der Waals surface area contributed by atoms with E-state index in [1.165, 1.54) is 71.6 Å². The molecule has 9 aromatic rings. The minimum absolute atomic E-state index is 0.497. The third kappa shape index (κ3) is 5.18. The Morgan fingerprint density at radius 1 is 0.370 bits per heavy atom. The van der Waals surface area contributed by atoms with Crippen molar-refractivity contribution >= 4 is 44.3 Å². The third-order valence-corrected chi connectivity index (χ3v) is 11.4. The molecule has 0 aliphatic carbocycles. The normalized spacial score (nSPS) is 13.1. The molecular weight excluding hydrogens is 653 g/mol. The number of para-hydroxylation sites is 2. The van der Waals surface area contributed by atoms with E-state index in [-0.39, 0.29) is 0 Å². The Bertz CT molecular complexity index is 2820. The fourth-order valence-corrected chi connectivity index (χ4v) is 8.66. The molecule has 0 atom stereocenters. The van der Waals surface area contributed by atoms with E-state index < -0.39 is 5.41 Å². The SMILES string of the molecule is CC1(c2cc(-c3ccc4ccccc4c3)ccc2-c2ccc(-c3ccc4ccccc4c3)cc2)c2ccccc2N(c2cccc(N)c2)c2ccccc21. The number of nitrogens with zero attached hydrogens (tertiary/aromatic N) is 1. The molecule has 0 fully saturated rings. The molecule has 0 saturated heterocycles. The number of nitrogen functional groups attached to an aromatic ring is 1. The minimum atomic E-state index is -0.497. The molecular formula is C52H38N2. The van der Waals surface area contributed by atoms with E-state index in [0.717, 1.165) is 22.7 Å².